The van der Waals surface area contributed by atoms with Crippen LogP contribution < -0.4 is 15.0 Å². The first-order valence-electron chi connectivity index (χ1n) is 11.0. The lowest BCUT2D eigenvalue weighted by Gasteiger charge is -2.23. The second-order valence-corrected chi connectivity index (χ2v) is 9.16. The minimum atomic E-state index is -0.555. The second kappa shape index (κ2) is 7.69. The molecule has 170 valence electrons. The monoisotopic (exact) mass is 445 g/mol. The predicted octanol–water partition coefficient (Wildman–Crippen LogP) is 3.72. The molecule has 5 rings (SSSR count). The number of carbonyl (C=O) groups is 2. The maximum atomic E-state index is 13.5. The van der Waals surface area contributed by atoms with Crippen molar-refractivity contribution in [2.24, 2.45) is 11.3 Å². The fourth-order valence-corrected chi connectivity index (χ4v) is 5.03. The van der Waals surface area contributed by atoms with Crippen molar-refractivity contribution in [3.63, 3.8) is 0 Å². The molecular formula is C26H27N3O4. The highest BCUT2D eigenvalue weighted by Gasteiger charge is 2.65. The molecule has 3 aromatic rings. The molecule has 0 spiro atoms. The average molecular weight is 446 g/mol. The minimum Gasteiger partial charge on any atom is -0.504 e. The number of rotatable bonds is 5. The molecule has 0 aromatic heterocycles. The van der Waals surface area contributed by atoms with E-state index in [1.165, 1.54) is 13.2 Å². The molecule has 1 saturated heterocycles. The van der Waals surface area contributed by atoms with Crippen LogP contribution in [0.15, 0.2) is 54.6 Å². The highest BCUT2D eigenvalue weighted by Crippen LogP contribution is 2.58. The number of aromatic hydroxyl groups is 1. The average Bonchev–Trinajstić information content (AvgIpc) is 3.39. The number of ether oxygens (including phenoxy) is 1. The Labute approximate surface area is 192 Å². The van der Waals surface area contributed by atoms with Gasteiger partial charge < -0.3 is 25.0 Å². The van der Waals surface area contributed by atoms with Crippen molar-refractivity contribution in [2.45, 2.75) is 6.42 Å². The van der Waals surface area contributed by atoms with Crippen molar-refractivity contribution < 1.29 is 19.4 Å². The number of phenols is 1. The molecule has 1 aliphatic carbocycles. The maximum absolute atomic E-state index is 13.5. The maximum Gasteiger partial charge on any atom is 0.254 e. The van der Waals surface area contributed by atoms with Crippen LogP contribution in [0, 0.1) is 11.3 Å². The highest BCUT2D eigenvalue weighted by molar-refractivity contribution is 6.11. The summed E-state index contributed by atoms with van der Waals surface area (Å²) < 4.78 is 5.13. The molecule has 2 N–H and O–H groups in total. The Morgan fingerprint density at radius 2 is 1.88 bits per heavy atom. The van der Waals surface area contributed by atoms with Crippen LogP contribution in [0.1, 0.15) is 16.8 Å². The number of amides is 2. The number of hydrogen-bond donors (Lipinski definition) is 2. The Morgan fingerprint density at radius 3 is 2.61 bits per heavy atom. The quantitative estimate of drug-likeness (QED) is 0.585. The molecule has 7 heteroatoms. The Hall–Kier alpha value is -3.74. The highest BCUT2D eigenvalue weighted by atomic mass is 16.5. The molecule has 1 saturated carbocycles. The molecule has 3 aromatic carbocycles. The van der Waals surface area contributed by atoms with Gasteiger partial charge in [-0.25, -0.2) is 0 Å². The van der Waals surface area contributed by atoms with E-state index in [2.05, 4.69) is 5.32 Å². The number of phenolic OH excluding ortho intramolecular Hbond substituents is 1. The van der Waals surface area contributed by atoms with Gasteiger partial charge in [0.2, 0.25) is 5.91 Å². The van der Waals surface area contributed by atoms with Gasteiger partial charge in [-0.1, -0.05) is 24.3 Å². The molecule has 1 heterocycles. The zero-order valence-corrected chi connectivity index (χ0v) is 19.0. The van der Waals surface area contributed by atoms with Crippen LogP contribution in [0.5, 0.6) is 11.5 Å². The predicted molar refractivity (Wildman–Crippen MR) is 128 cm³/mol. The molecule has 2 aliphatic rings. The van der Waals surface area contributed by atoms with Crippen LogP contribution in [-0.4, -0.2) is 56.1 Å². The van der Waals surface area contributed by atoms with E-state index in [-0.39, 0.29) is 23.5 Å². The number of nitrogens with one attached hydrogen (secondary N) is 1. The number of carbonyl (C=O) groups excluding carboxylic acids is 2. The lowest BCUT2D eigenvalue weighted by atomic mass is 10.0. The first-order chi connectivity index (χ1) is 15.8. The number of piperidine rings is 1. The summed E-state index contributed by atoms with van der Waals surface area (Å²) in [7, 11) is 5.44. The van der Waals surface area contributed by atoms with Gasteiger partial charge in [-0.2, -0.15) is 0 Å². The smallest absolute Gasteiger partial charge is 0.254 e. The zero-order chi connectivity index (χ0) is 23.3. The topological polar surface area (TPSA) is 82.1 Å². The van der Waals surface area contributed by atoms with E-state index in [0.29, 0.717) is 30.1 Å². The first-order valence-corrected chi connectivity index (χ1v) is 11.0. The lowest BCUT2D eigenvalue weighted by molar-refractivity contribution is -0.121. The summed E-state index contributed by atoms with van der Waals surface area (Å²) in [6.45, 7) is 0.982. The summed E-state index contributed by atoms with van der Waals surface area (Å²) in [5.41, 5.74) is 1.73. The van der Waals surface area contributed by atoms with E-state index in [9.17, 15) is 14.7 Å². The Balaban J connectivity index is 1.36. The zero-order valence-electron chi connectivity index (χ0n) is 19.0. The molecule has 0 radical (unpaired) electrons. The van der Waals surface area contributed by atoms with Crippen LogP contribution in [0.4, 0.5) is 11.4 Å². The molecule has 2 amide bonds. The van der Waals surface area contributed by atoms with Gasteiger partial charge in [0.05, 0.1) is 12.5 Å². The summed E-state index contributed by atoms with van der Waals surface area (Å²) in [5.74, 6) is 0.343. The van der Waals surface area contributed by atoms with E-state index in [4.69, 9.17) is 4.74 Å². The number of benzene rings is 3. The van der Waals surface area contributed by atoms with Gasteiger partial charge in [0.25, 0.3) is 5.91 Å². The fraction of sp³-hybridized carbons (Fsp3) is 0.308. The largest absolute Gasteiger partial charge is 0.504 e. The second-order valence-electron chi connectivity index (χ2n) is 9.16. The van der Waals surface area contributed by atoms with Crippen LogP contribution in [0.3, 0.4) is 0 Å². The van der Waals surface area contributed by atoms with E-state index in [1.54, 1.807) is 12.1 Å². The van der Waals surface area contributed by atoms with E-state index >= 15 is 0 Å². The summed E-state index contributed by atoms with van der Waals surface area (Å²) in [6.07, 6.45) is 0.776. The molecule has 1 aliphatic heterocycles. The normalized spacial score (nSPS) is 20.9. The van der Waals surface area contributed by atoms with Crippen LogP contribution in [0.2, 0.25) is 0 Å². The van der Waals surface area contributed by atoms with Gasteiger partial charge in [-0.3, -0.25) is 9.59 Å². The van der Waals surface area contributed by atoms with Crippen LogP contribution in [-0.2, 0) is 4.79 Å². The third kappa shape index (κ3) is 3.44. The van der Waals surface area contributed by atoms with Crippen molar-refractivity contribution >= 4 is 34.0 Å². The summed E-state index contributed by atoms with van der Waals surface area (Å²) >= 11 is 0. The van der Waals surface area contributed by atoms with Gasteiger partial charge in [0.15, 0.2) is 11.5 Å². The van der Waals surface area contributed by atoms with Crippen LogP contribution in [0.25, 0.3) is 10.8 Å². The van der Waals surface area contributed by atoms with Gasteiger partial charge in [0, 0.05) is 55.6 Å². The van der Waals surface area contributed by atoms with E-state index in [0.717, 1.165) is 22.9 Å². The Bertz CT molecular complexity index is 1270. The van der Waals surface area contributed by atoms with Gasteiger partial charge in [-0.15, -0.1) is 0 Å². The third-order valence-corrected chi connectivity index (χ3v) is 6.94. The third-order valence-electron chi connectivity index (χ3n) is 6.94. The minimum absolute atomic E-state index is 0.0168. The van der Waals surface area contributed by atoms with Crippen molar-refractivity contribution in [3.8, 4) is 11.5 Å². The van der Waals surface area contributed by atoms with Crippen molar-refractivity contribution in [1.29, 1.82) is 0 Å². The van der Waals surface area contributed by atoms with Crippen molar-refractivity contribution in [2.75, 3.05) is 44.5 Å². The van der Waals surface area contributed by atoms with Gasteiger partial charge >= 0.3 is 0 Å². The fourth-order valence-electron chi connectivity index (χ4n) is 5.03. The molecule has 2 atom stereocenters. The van der Waals surface area contributed by atoms with E-state index in [1.807, 2.05) is 60.3 Å². The SMILES string of the molecule is COc1cc(NC(=O)[C@]23C[C@@H]2CN(C(=O)c2ccc(N(C)C)c4ccccc24)C3)ccc1O. The number of nitrogens with zero attached hydrogens (tertiary/aromatic N) is 2. The summed E-state index contributed by atoms with van der Waals surface area (Å²) in [6, 6.07) is 16.5. The first kappa shape index (κ1) is 21.1. The van der Waals surface area contributed by atoms with Gasteiger partial charge in [-0.05, 0) is 42.0 Å². The lowest BCUT2D eigenvalue weighted by Crippen LogP contribution is -2.36. The van der Waals surface area contributed by atoms with Crippen LogP contribution >= 0.6 is 0 Å². The molecule has 0 unspecified atom stereocenters. The number of likely N-dealkylation sites (tertiary alicyclic amines) is 1. The number of anilines is 2. The Kier molecular flexibility index (Phi) is 4.92. The summed E-state index contributed by atoms with van der Waals surface area (Å²) in [5, 5.41) is 14.7. The van der Waals surface area contributed by atoms with Gasteiger partial charge in [0.1, 0.15) is 0 Å². The standard InChI is InChI=1S/C26H27N3O4/c1-28(2)21-10-9-20(18-6-4-5-7-19(18)21)24(31)29-14-16-13-26(16,15-29)25(32)27-17-8-11-22(30)23(12-17)33-3/h4-12,16,30H,13-15H2,1-3H3,(H,27,32)/t16-,26+/m1/s1. The van der Waals surface area contributed by atoms with Crippen molar-refractivity contribution in [3.05, 3.63) is 60.2 Å². The molecule has 0 bridgehead atoms. The van der Waals surface area contributed by atoms with E-state index < -0.39 is 5.41 Å². The Morgan fingerprint density at radius 1 is 1.12 bits per heavy atom. The molecule has 33 heavy (non-hydrogen) atoms. The molecular weight excluding hydrogens is 418 g/mol. The number of methoxy groups -OCH3 is 1. The molecule has 7 nitrogen and oxygen atoms in total. The number of hydrogen-bond acceptors (Lipinski definition) is 5. The number of fused-ring (bicyclic) bond motifs is 2. The van der Waals surface area contributed by atoms with Crippen molar-refractivity contribution in [1.82, 2.24) is 4.90 Å². The summed E-state index contributed by atoms with van der Waals surface area (Å²) in [4.78, 5) is 30.5. The molecule has 2 fully saturated rings.